The van der Waals surface area contributed by atoms with Gasteiger partial charge in [-0.15, -0.1) is 11.3 Å². The summed E-state index contributed by atoms with van der Waals surface area (Å²) in [5.41, 5.74) is 1.39. The van der Waals surface area contributed by atoms with Crippen molar-refractivity contribution in [2.24, 2.45) is 5.92 Å². The molecule has 2 atom stereocenters. The van der Waals surface area contributed by atoms with Crippen LogP contribution in [0.5, 0.6) is 0 Å². The maximum absolute atomic E-state index is 4.84. The quantitative estimate of drug-likeness (QED) is 0.910. The first-order chi connectivity index (χ1) is 8.02. The third-order valence-corrected chi connectivity index (χ3v) is 5.42. The van der Waals surface area contributed by atoms with Crippen LogP contribution in [0.25, 0.3) is 0 Å². The third kappa shape index (κ3) is 3.04. The molecule has 0 spiro atoms. The van der Waals surface area contributed by atoms with Crippen LogP contribution >= 0.6 is 23.1 Å². The Hall–Kier alpha value is -0.0600. The highest BCUT2D eigenvalue weighted by Crippen LogP contribution is 2.36. The summed E-state index contributed by atoms with van der Waals surface area (Å²) in [7, 11) is 2.06. The van der Waals surface area contributed by atoms with Crippen LogP contribution in [0.1, 0.15) is 43.9 Å². The maximum Gasteiger partial charge on any atom is 0.110 e. The van der Waals surface area contributed by atoms with Crippen molar-refractivity contribution in [1.82, 2.24) is 10.3 Å². The molecular formula is C13H22N2S2. The van der Waals surface area contributed by atoms with Crippen molar-refractivity contribution in [2.45, 2.75) is 38.6 Å². The first kappa shape index (κ1) is 13.4. The molecule has 1 aliphatic heterocycles. The largest absolute Gasteiger partial charge is 0.311 e. The molecule has 0 radical (unpaired) electrons. The van der Waals surface area contributed by atoms with E-state index in [2.05, 4.69) is 50.3 Å². The number of aromatic nitrogens is 1. The molecule has 0 amide bonds. The van der Waals surface area contributed by atoms with Gasteiger partial charge in [0.1, 0.15) is 5.01 Å². The molecule has 1 fully saturated rings. The normalized spacial score (nSPS) is 22.9. The fourth-order valence-electron chi connectivity index (χ4n) is 2.15. The molecule has 1 saturated heterocycles. The second-order valence-corrected chi connectivity index (χ2v) is 7.75. The Balaban J connectivity index is 2.17. The van der Waals surface area contributed by atoms with Crippen molar-refractivity contribution in [3.63, 3.8) is 0 Å². The van der Waals surface area contributed by atoms with Gasteiger partial charge < -0.3 is 5.32 Å². The van der Waals surface area contributed by atoms with Gasteiger partial charge in [0.15, 0.2) is 0 Å². The average Bonchev–Trinajstić information content (AvgIpc) is 2.87. The summed E-state index contributed by atoms with van der Waals surface area (Å²) >= 11 is 3.88. The number of rotatable bonds is 3. The molecule has 0 saturated carbocycles. The van der Waals surface area contributed by atoms with Gasteiger partial charge in [0.25, 0.3) is 0 Å². The fraction of sp³-hybridized carbons (Fsp3) is 0.769. The monoisotopic (exact) mass is 270 g/mol. The van der Waals surface area contributed by atoms with Gasteiger partial charge in [-0.05, 0) is 30.9 Å². The number of hydrogen-bond donors (Lipinski definition) is 1. The summed E-state index contributed by atoms with van der Waals surface area (Å²) in [4.78, 5) is 4.84. The zero-order valence-electron chi connectivity index (χ0n) is 11.1. The molecule has 1 aliphatic rings. The van der Waals surface area contributed by atoms with E-state index in [0.717, 1.165) is 5.92 Å². The van der Waals surface area contributed by atoms with E-state index in [1.807, 2.05) is 11.3 Å². The summed E-state index contributed by atoms with van der Waals surface area (Å²) < 4.78 is 0. The van der Waals surface area contributed by atoms with Gasteiger partial charge >= 0.3 is 0 Å². The van der Waals surface area contributed by atoms with Crippen LogP contribution in [0.2, 0.25) is 0 Å². The number of hydrogen-bond acceptors (Lipinski definition) is 4. The molecule has 0 aliphatic carbocycles. The highest BCUT2D eigenvalue weighted by molar-refractivity contribution is 7.99. The van der Waals surface area contributed by atoms with E-state index in [4.69, 9.17) is 4.98 Å². The summed E-state index contributed by atoms with van der Waals surface area (Å²) in [6, 6.07) is 0.450. The molecule has 1 N–H and O–H groups in total. The molecule has 2 nitrogen and oxygen atoms in total. The smallest absolute Gasteiger partial charge is 0.110 e. The first-order valence-electron chi connectivity index (χ1n) is 6.23. The van der Waals surface area contributed by atoms with Crippen LogP contribution in [-0.2, 0) is 5.41 Å². The number of nitrogens with zero attached hydrogens (tertiary/aromatic N) is 1. The Bertz CT molecular complexity index is 362. The molecular weight excluding hydrogens is 248 g/mol. The Morgan fingerprint density at radius 2 is 2.24 bits per heavy atom. The average molecular weight is 270 g/mol. The summed E-state index contributed by atoms with van der Waals surface area (Å²) in [6.45, 7) is 6.68. The van der Waals surface area contributed by atoms with Gasteiger partial charge in [-0.2, -0.15) is 11.8 Å². The Kier molecular flexibility index (Phi) is 4.16. The summed E-state index contributed by atoms with van der Waals surface area (Å²) in [5.74, 6) is 3.33. The van der Waals surface area contributed by atoms with Crippen LogP contribution in [0.4, 0.5) is 0 Å². The summed E-state index contributed by atoms with van der Waals surface area (Å²) in [6.07, 6.45) is 1.32. The molecule has 96 valence electrons. The minimum Gasteiger partial charge on any atom is -0.311 e. The third-order valence-electron chi connectivity index (χ3n) is 3.30. The van der Waals surface area contributed by atoms with E-state index in [-0.39, 0.29) is 5.41 Å². The van der Waals surface area contributed by atoms with Gasteiger partial charge in [-0.3, -0.25) is 0 Å². The molecule has 0 aromatic carbocycles. The second kappa shape index (κ2) is 5.29. The Morgan fingerprint density at radius 3 is 2.71 bits per heavy atom. The lowest BCUT2D eigenvalue weighted by atomic mass is 9.93. The minimum atomic E-state index is 0.164. The second-order valence-electron chi connectivity index (χ2n) is 5.71. The molecule has 1 aromatic heterocycles. The molecule has 2 heterocycles. The van der Waals surface area contributed by atoms with Gasteiger partial charge in [-0.25, -0.2) is 4.98 Å². The number of thioether (sulfide) groups is 1. The van der Waals surface area contributed by atoms with E-state index in [1.54, 1.807) is 0 Å². The van der Waals surface area contributed by atoms with E-state index in [9.17, 15) is 0 Å². The molecule has 2 rings (SSSR count). The molecule has 1 aromatic rings. The number of nitrogens with one attached hydrogen (secondary N) is 1. The molecule has 0 bridgehead atoms. The number of thiazole rings is 1. The predicted molar refractivity (Wildman–Crippen MR) is 78.0 cm³/mol. The maximum atomic E-state index is 4.84. The zero-order valence-corrected chi connectivity index (χ0v) is 12.8. The SMILES string of the molecule is CNC(c1nc(C(C)(C)C)cs1)C1CCSC1. The minimum absolute atomic E-state index is 0.164. The van der Waals surface area contributed by atoms with E-state index < -0.39 is 0 Å². The first-order valence-corrected chi connectivity index (χ1v) is 8.26. The topological polar surface area (TPSA) is 24.9 Å². The van der Waals surface area contributed by atoms with Gasteiger partial charge in [0, 0.05) is 10.8 Å². The zero-order chi connectivity index (χ0) is 12.5. The lowest BCUT2D eigenvalue weighted by Crippen LogP contribution is -2.25. The lowest BCUT2D eigenvalue weighted by molar-refractivity contribution is 0.416. The molecule has 4 heteroatoms. The van der Waals surface area contributed by atoms with Crippen molar-refractivity contribution in [2.75, 3.05) is 18.6 Å². The van der Waals surface area contributed by atoms with Crippen LogP contribution in [0.15, 0.2) is 5.38 Å². The lowest BCUT2D eigenvalue weighted by Gasteiger charge is -2.20. The predicted octanol–water partition coefficient (Wildman–Crippen LogP) is 3.45. The highest BCUT2D eigenvalue weighted by atomic mass is 32.2. The van der Waals surface area contributed by atoms with E-state index >= 15 is 0 Å². The standard InChI is InChI=1S/C13H22N2S2/c1-13(2,3)10-8-17-12(15-10)11(14-4)9-5-6-16-7-9/h8-9,11,14H,5-7H2,1-4H3. The van der Waals surface area contributed by atoms with Crippen molar-refractivity contribution in [3.8, 4) is 0 Å². The van der Waals surface area contributed by atoms with Crippen molar-refractivity contribution < 1.29 is 0 Å². The van der Waals surface area contributed by atoms with Gasteiger partial charge in [-0.1, -0.05) is 20.8 Å². The Labute approximate surface area is 113 Å². The van der Waals surface area contributed by atoms with Crippen LogP contribution in [0.3, 0.4) is 0 Å². The van der Waals surface area contributed by atoms with Crippen molar-refractivity contribution >= 4 is 23.1 Å². The molecule has 17 heavy (non-hydrogen) atoms. The van der Waals surface area contributed by atoms with Crippen molar-refractivity contribution in [1.29, 1.82) is 0 Å². The van der Waals surface area contributed by atoms with E-state index in [0.29, 0.717) is 6.04 Å². The highest BCUT2D eigenvalue weighted by Gasteiger charge is 2.28. The molecule has 2 unspecified atom stereocenters. The fourth-order valence-corrected chi connectivity index (χ4v) is 4.70. The van der Waals surface area contributed by atoms with Gasteiger partial charge in [0.05, 0.1) is 11.7 Å². The van der Waals surface area contributed by atoms with Crippen LogP contribution in [0, 0.1) is 5.92 Å². The van der Waals surface area contributed by atoms with Crippen LogP contribution in [-0.4, -0.2) is 23.5 Å². The summed E-state index contributed by atoms with van der Waals surface area (Å²) in [5, 5.41) is 6.95. The van der Waals surface area contributed by atoms with Crippen molar-refractivity contribution in [3.05, 3.63) is 16.1 Å². The van der Waals surface area contributed by atoms with Gasteiger partial charge in [0.2, 0.25) is 0 Å². The Morgan fingerprint density at radius 1 is 1.47 bits per heavy atom. The van der Waals surface area contributed by atoms with E-state index in [1.165, 1.54) is 28.6 Å². The van der Waals surface area contributed by atoms with Crippen LogP contribution < -0.4 is 5.32 Å².